The maximum Gasteiger partial charge on any atom is 0.341 e. The highest BCUT2D eigenvalue weighted by Crippen LogP contribution is 2.38. The Morgan fingerprint density at radius 3 is 2.53 bits per heavy atom. The molecular weight excluding hydrogens is 468 g/mol. The first kappa shape index (κ1) is 24.5. The number of anilines is 1. The molecule has 9 heteroatoms. The van der Waals surface area contributed by atoms with Crippen molar-refractivity contribution in [3.63, 3.8) is 0 Å². The lowest BCUT2D eigenvalue weighted by Gasteiger charge is -2.19. The Morgan fingerprint density at radius 2 is 1.85 bits per heavy atom. The van der Waals surface area contributed by atoms with Crippen LogP contribution in [0.15, 0.2) is 29.4 Å². The molecule has 1 aliphatic rings. The number of fused-ring (bicyclic) bond motifs is 1. The van der Waals surface area contributed by atoms with E-state index in [0.29, 0.717) is 15.7 Å². The van der Waals surface area contributed by atoms with Gasteiger partial charge in [-0.1, -0.05) is 56.8 Å². The van der Waals surface area contributed by atoms with E-state index in [-0.39, 0.29) is 17.1 Å². The number of ether oxygens (including phenoxy) is 1. The summed E-state index contributed by atoms with van der Waals surface area (Å²) in [4.78, 5) is 26.3. The molecule has 1 aliphatic carbocycles. The van der Waals surface area contributed by atoms with Gasteiger partial charge in [-0.2, -0.15) is 0 Å². The highest BCUT2D eigenvalue weighted by atomic mass is 32.2. The molecule has 0 atom stereocenters. The fourth-order valence-corrected chi connectivity index (χ4v) is 6.08. The molecule has 180 valence electrons. The van der Waals surface area contributed by atoms with E-state index in [9.17, 15) is 9.59 Å². The van der Waals surface area contributed by atoms with Crippen molar-refractivity contribution in [3.8, 4) is 11.4 Å². The van der Waals surface area contributed by atoms with E-state index in [0.717, 1.165) is 42.6 Å². The van der Waals surface area contributed by atoms with Crippen molar-refractivity contribution in [2.75, 3.05) is 18.2 Å². The molecule has 7 nitrogen and oxygen atoms in total. The zero-order valence-electron chi connectivity index (χ0n) is 20.2. The minimum absolute atomic E-state index is 0.0857. The monoisotopic (exact) mass is 498 g/mol. The third kappa shape index (κ3) is 5.05. The molecule has 1 N–H and O–H groups in total. The summed E-state index contributed by atoms with van der Waals surface area (Å²) in [5.41, 5.74) is 3.86. The standard InChI is InChI=1S/C25H30N4O3S2/c1-25(2,3)16-12-10-15(11-13-16)21-27-28-24(29(21)4)33-14-19(30)26-22-20(23(31)32-5)17-8-6-7-9-18(17)34-22/h10-13H,6-9,14H2,1-5H3,(H,26,30). The number of hydrogen-bond acceptors (Lipinski definition) is 7. The van der Waals surface area contributed by atoms with Crippen LogP contribution in [0.25, 0.3) is 11.4 Å². The Morgan fingerprint density at radius 1 is 1.15 bits per heavy atom. The summed E-state index contributed by atoms with van der Waals surface area (Å²) < 4.78 is 6.88. The maximum atomic E-state index is 12.7. The number of aromatic nitrogens is 3. The SMILES string of the molecule is COC(=O)c1c(NC(=O)CSc2nnc(-c3ccc(C(C)(C)C)cc3)n2C)sc2c1CCCC2. The van der Waals surface area contributed by atoms with Crippen molar-refractivity contribution in [1.82, 2.24) is 14.8 Å². The average molecular weight is 499 g/mol. The fourth-order valence-electron chi connectivity index (χ4n) is 4.08. The normalized spacial score (nSPS) is 13.4. The van der Waals surface area contributed by atoms with Crippen LogP contribution in [0.1, 0.15) is 60.0 Å². The molecule has 0 saturated heterocycles. The summed E-state index contributed by atoms with van der Waals surface area (Å²) in [6, 6.07) is 8.34. The van der Waals surface area contributed by atoms with E-state index in [1.54, 1.807) is 0 Å². The van der Waals surface area contributed by atoms with Gasteiger partial charge in [0.1, 0.15) is 5.00 Å². The van der Waals surface area contributed by atoms with Crippen LogP contribution in [-0.2, 0) is 34.8 Å². The molecule has 0 spiro atoms. The third-order valence-corrected chi connectivity index (χ3v) is 8.22. The van der Waals surface area contributed by atoms with E-state index in [1.807, 2.05) is 11.6 Å². The summed E-state index contributed by atoms with van der Waals surface area (Å²) >= 11 is 2.81. The van der Waals surface area contributed by atoms with Crippen molar-refractivity contribution >= 4 is 40.0 Å². The Labute approximate surface area is 208 Å². The van der Waals surface area contributed by atoms with Gasteiger partial charge in [0, 0.05) is 17.5 Å². The van der Waals surface area contributed by atoms with Crippen molar-refractivity contribution in [2.45, 2.75) is 57.0 Å². The lowest BCUT2D eigenvalue weighted by atomic mass is 9.87. The number of thiophene rings is 1. The Hall–Kier alpha value is -2.65. The number of esters is 1. The van der Waals surface area contributed by atoms with Gasteiger partial charge in [-0.25, -0.2) is 4.79 Å². The summed E-state index contributed by atoms with van der Waals surface area (Å²) in [5.74, 6) is 0.339. The van der Waals surface area contributed by atoms with Gasteiger partial charge in [0.05, 0.1) is 18.4 Å². The van der Waals surface area contributed by atoms with Gasteiger partial charge in [-0.3, -0.25) is 4.79 Å². The predicted octanol–water partition coefficient (Wildman–Crippen LogP) is 5.24. The second-order valence-corrected chi connectivity index (χ2v) is 11.5. The number of thioether (sulfide) groups is 1. The number of carbonyl (C=O) groups is 2. The minimum Gasteiger partial charge on any atom is -0.465 e. The molecule has 0 fully saturated rings. The summed E-state index contributed by atoms with van der Waals surface area (Å²) in [6.07, 6.45) is 3.93. The molecule has 0 saturated carbocycles. The molecule has 1 aromatic carbocycles. The van der Waals surface area contributed by atoms with Crippen molar-refractivity contribution in [2.24, 2.45) is 7.05 Å². The van der Waals surface area contributed by atoms with Gasteiger partial charge < -0.3 is 14.6 Å². The highest BCUT2D eigenvalue weighted by molar-refractivity contribution is 7.99. The second-order valence-electron chi connectivity index (χ2n) is 9.44. The number of amides is 1. The average Bonchev–Trinajstić information content (AvgIpc) is 3.36. The number of hydrogen-bond donors (Lipinski definition) is 1. The quantitative estimate of drug-likeness (QED) is 0.370. The molecule has 1 amide bonds. The molecule has 2 heterocycles. The predicted molar refractivity (Wildman–Crippen MR) is 137 cm³/mol. The van der Waals surface area contributed by atoms with Gasteiger partial charge in [0.2, 0.25) is 5.91 Å². The molecule has 0 unspecified atom stereocenters. The molecule has 34 heavy (non-hydrogen) atoms. The van der Waals surface area contributed by atoms with Crippen molar-refractivity contribution in [1.29, 1.82) is 0 Å². The van der Waals surface area contributed by atoms with Gasteiger partial charge in [0.25, 0.3) is 0 Å². The maximum absolute atomic E-state index is 12.7. The topological polar surface area (TPSA) is 86.1 Å². The largest absolute Gasteiger partial charge is 0.465 e. The number of nitrogens with one attached hydrogen (secondary N) is 1. The lowest BCUT2D eigenvalue weighted by molar-refractivity contribution is -0.113. The van der Waals surface area contributed by atoms with Crippen LogP contribution in [0.3, 0.4) is 0 Å². The molecule has 0 aliphatic heterocycles. The van der Waals surface area contributed by atoms with E-state index in [2.05, 4.69) is 60.6 Å². The van der Waals surface area contributed by atoms with E-state index in [1.165, 1.54) is 40.6 Å². The number of carbonyl (C=O) groups excluding carboxylic acids is 2. The Kier molecular flexibility index (Phi) is 7.14. The van der Waals surface area contributed by atoms with Gasteiger partial charge in [-0.05, 0) is 42.2 Å². The first-order chi connectivity index (χ1) is 16.2. The van der Waals surface area contributed by atoms with Gasteiger partial charge in [0.15, 0.2) is 11.0 Å². The number of nitrogens with zero attached hydrogens (tertiary/aromatic N) is 3. The van der Waals surface area contributed by atoms with Crippen LogP contribution >= 0.6 is 23.1 Å². The molecule has 0 radical (unpaired) electrons. The third-order valence-electron chi connectivity index (χ3n) is 5.99. The summed E-state index contributed by atoms with van der Waals surface area (Å²) in [5, 5.41) is 12.8. The molecular formula is C25H30N4O3S2. The van der Waals surface area contributed by atoms with E-state index >= 15 is 0 Å². The highest BCUT2D eigenvalue weighted by Gasteiger charge is 2.27. The fraction of sp³-hybridized carbons (Fsp3) is 0.440. The van der Waals surface area contributed by atoms with Crippen LogP contribution < -0.4 is 5.32 Å². The Bertz CT molecular complexity index is 1210. The molecule has 3 aromatic rings. The number of rotatable bonds is 6. The molecule has 2 aromatic heterocycles. The van der Waals surface area contributed by atoms with Gasteiger partial charge >= 0.3 is 5.97 Å². The summed E-state index contributed by atoms with van der Waals surface area (Å²) in [6.45, 7) is 6.55. The number of methoxy groups -OCH3 is 1. The van der Waals surface area contributed by atoms with Crippen LogP contribution in [-0.4, -0.2) is 39.5 Å². The summed E-state index contributed by atoms with van der Waals surface area (Å²) in [7, 11) is 3.27. The van der Waals surface area contributed by atoms with Crippen LogP contribution in [0.4, 0.5) is 5.00 Å². The first-order valence-electron chi connectivity index (χ1n) is 11.3. The van der Waals surface area contributed by atoms with Crippen LogP contribution in [0, 0.1) is 0 Å². The van der Waals surface area contributed by atoms with E-state index in [4.69, 9.17) is 4.74 Å². The minimum atomic E-state index is -0.391. The van der Waals surface area contributed by atoms with Crippen LogP contribution in [0.5, 0.6) is 0 Å². The van der Waals surface area contributed by atoms with E-state index < -0.39 is 5.97 Å². The molecule has 4 rings (SSSR count). The number of benzene rings is 1. The van der Waals surface area contributed by atoms with Crippen LogP contribution in [0.2, 0.25) is 0 Å². The van der Waals surface area contributed by atoms with Crippen molar-refractivity contribution in [3.05, 3.63) is 45.8 Å². The lowest BCUT2D eigenvalue weighted by Crippen LogP contribution is -2.17. The number of aryl methyl sites for hydroxylation is 1. The zero-order valence-corrected chi connectivity index (χ0v) is 21.9. The zero-order chi connectivity index (χ0) is 24.5. The smallest absolute Gasteiger partial charge is 0.341 e. The molecule has 0 bridgehead atoms. The van der Waals surface area contributed by atoms with Gasteiger partial charge in [-0.15, -0.1) is 21.5 Å². The Balaban J connectivity index is 1.44. The second kappa shape index (κ2) is 9.92. The first-order valence-corrected chi connectivity index (χ1v) is 13.1. The van der Waals surface area contributed by atoms with Crippen molar-refractivity contribution < 1.29 is 14.3 Å².